The van der Waals surface area contributed by atoms with Gasteiger partial charge in [0.1, 0.15) is 6.10 Å². The van der Waals surface area contributed by atoms with Gasteiger partial charge in [0.2, 0.25) is 0 Å². The maximum Gasteiger partial charge on any atom is 0.278 e. The van der Waals surface area contributed by atoms with Crippen LogP contribution in [0.1, 0.15) is 23.2 Å². The lowest BCUT2D eigenvalue weighted by molar-refractivity contribution is -0.197. The predicted molar refractivity (Wildman–Crippen MR) is 59.6 cm³/mol. The first-order valence-electron chi connectivity index (χ1n) is 5.58. The average molecular weight is 215 g/mol. The van der Waals surface area contributed by atoms with Crippen molar-refractivity contribution in [1.29, 1.82) is 0 Å². The number of hydrogen-bond acceptors (Lipinski definition) is 2. The predicted octanol–water partition coefficient (Wildman–Crippen LogP) is 2.16. The molecule has 1 saturated heterocycles. The second-order valence-electron chi connectivity index (χ2n) is 4.17. The molecule has 3 heteroatoms. The fraction of sp³-hybridized carbons (Fsp3) is 0.308. The minimum Gasteiger partial charge on any atom is -0.267 e. The second-order valence-corrected chi connectivity index (χ2v) is 4.17. The molecule has 1 aromatic carbocycles. The van der Waals surface area contributed by atoms with Gasteiger partial charge in [-0.25, -0.2) is 5.06 Å². The Bertz CT molecular complexity index is 427. The molecule has 0 aromatic heterocycles. The highest BCUT2D eigenvalue weighted by Gasteiger charge is 2.34. The van der Waals surface area contributed by atoms with Gasteiger partial charge < -0.3 is 0 Å². The molecule has 16 heavy (non-hydrogen) atoms. The highest BCUT2D eigenvalue weighted by Crippen LogP contribution is 2.28. The monoisotopic (exact) mass is 215 g/mol. The van der Waals surface area contributed by atoms with Gasteiger partial charge in [-0.3, -0.25) is 9.63 Å². The van der Waals surface area contributed by atoms with Crippen molar-refractivity contribution in [3.05, 3.63) is 48.0 Å². The largest absolute Gasteiger partial charge is 0.278 e. The standard InChI is InChI=1S/C13H13NO2/c15-13(10-4-2-1-3-5-10)14-11-6-8-12(16-14)9-7-11/h1-6,8,11-12H,7,9H2/t11-,12-/m0/s1. The SMILES string of the molecule is O=C(c1ccccc1)N1O[C@H]2C=C[C@H]1CC2. The van der Waals surface area contributed by atoms with Crippen molar-refractivity contribution in [2.75, 3.05) is 0 Å². The lowest BCUT2D eigenvalue weighted by atomic mass is 9.98. The van der Waals surface area contributed by atoms with E-state index in [1.165, 1.54) is 5.06 Å². The number of carbonyl (C=O) groups is 1. The summed E-state index contributed by atoms with van der Waals surface area (Å²) in [4.78, 5) is 17.8. The van der Waals surface area contributed by atoms with Crippen molar-refractivity contribution in [3.63, 3.8) is 0 Å². The third kappa shape index (κ3) is 1.53. The van der Waals surface area contributed by atoms with E-state index in [4.69, 9.17) is 4.84 Å². The van der Waals surface area contributed by atoms with Gasteiger partial charge in [0, 0.05) is 5.56 Å². The number of carbonyl (C=O) groups excluding carboxylic acids is 1. The summed E-state index contributed by atoms with van der Waals surface area (Å²) in [7, 11) is 0. The fourth-order valence-corrected chi connectivity index (χ4v) is 2.19. The highest BCUT2D eigenvalue weighted by molar-refractivity contribution is 5.93. The normalized spacial score (nSPS) is 27.1. The third-order valence-corrected chi connectivity index (χ3v) is 3.07. The molecule has 0 N–H and O–H groups in total. The van der Waals surface area contributed by atoms with Crippen LogP contribution in [0.15, 0.2) is 42.5 Å². The average Bonchev–Trinajstić information content (AvgIpc) is 2.40. The smallest absolute Gasteiger partial charge is 0.267 e. The van der Waals surface area contributed by atoms with Crippen LogP contribution >= 0.6 is 0 Å². The van der Waals surface area contributed by atoms with Gasteiger partial charge in [-0.05, 0) is 25.0 Å². The summed E-state index contributed by atoms with van der Waals surface area (Å²) in [6.07, 6.45) is 6.21. The molecule has 0 saturated carbocycles. The number of rotatable bonds is 1. The zero-order valence-electron chi connectivity index (χ0n) is 8.87. The first kappa shape index (κ1) is 9.60. The number of hydrogen-bond donors (Lipinski definition) is 0. The topological polar surface area (TPSA) is 29.5 Å². The summed E-state index contributed by atoms with van der Waals surface area (Å²) in [6, 6.07) is 9.38. The van der Waals surface area contributed by atoms with Gasteiger partial charge in [-0.1, -0.05) is 30.4 Å². The summed E-state index contributed by atoms with van der Waals surface area (Å²) >= 11 is 0. The van der Waals surface area contributed by atoms with Crippen molar-refractivity contribution >= 4 is 5.91 Å². The first-order valence-corrected chi connectivity index (χ1v) is 5.58. The van der Waals surface area contributed by atoms with Gasteiger partial charge in [0.15, 0.2) is 0 Å². The molecule has 0 spiro atoms. The molecule has 3 nitrogen and oxygen atoms in total. The molecular weight excluding hydrogens is 202 g/mol. The molecule has 0 radical (unpaired) electrons. The van der Waals surface area contributed by atoms with E-state index in [-0.39, 0.29) is 18.1 Å². The second kappa shape index (κ2) is 3.76. The first-order chi connectivity index (χ1) is 7.84. The van der Waals surface area contributed by atoms with Crippen LogP contribution in [0.5, 0.6) is 0 Å². The molecule has 3 aliphatic rings. The molecule has 2 aliphatic heterocycles. The van der Waals surface area contributed by atoms with Gasteiger partial charge in [0.25, 0.3) is 5.91 Å². The van der Waals surface area contributed by atoms with E-state index in [1.54, 1.807) is 0 Å². The van der Waals surface area contributed by atoms with Crippen LogP contribution < -0.4 is 0 Å². The Hall–Kier alpha value is -1.61. The van der Waals surface area contributed by atoms with Crippen LogP contribution in [-0.4, -0.2) is 23.1 Å². The summed E-state index contributed by atoms with van der Waals surface area (Å²) in [5.41, 5.74) is 0.684. The van der Waals surface area contributed by atoms with Crippen LogP contribution in [0.2, 0.25) is 0 Å². The van der Waals surface area contributed by atoms with E-state index >= 15 is 0 Å². The molecule has 82 valence electrons. The molecule has 1 amide bonds. The quantitative estimate of drug-likeness (QED) is 0.672. The lowest BCUT2D eigenvalue weighted by Crippen LogP contribution is -2.48. The highest BCUT2D eigenvalue weighted by atomic mass is 16.7. The number of nitrogens with zero attached hydrogens (tertiary/aromatic N) is 1. The van der Waals surface area contributed by atoms with Crippen molar-refractivity contribution in [2.24, 2.45) is 0 Å². The zero-order chi connectivity index (χ0) is 11.0. The van der Waals surface area contributed by atoms with Gasteiger partial charge >= 0.3 is 0 Å². The van der Waals surface area contributed by atoms with E-state index in [1.807, 2.05) is 36.4 Å². The molecule has 2 bridgehead atoms. The molecule has 2 heterocycles. The fourth-order valence-electron chi connectivity index (χ4n) is 2.19. The van der Waals surface area contributed by atoms with Crippen molar-refractivity contribution in [2.45, 2.75) is 25.0 Å². The van der Waals surface area contributed by atoms with Crippen molar-refractivity contribution in [3.8, 4) is 0 Å². The number of amides is 1. The van der Waals surface area contributed by atoms with Gasteiger partial charge in [-0.2, -0.15) is 0 Å². The van der Waals surface area contributed by atoms with E-state index in [2.05, 4.69) is 6.08 Å². The molecule has 4 rings (SSSR count). The van der Waals surface area contributed by atoms with Crippen LogP contribution in [0.3, 0.4) is 0 Å². The van der Waals surface area contributed by atoms with Crippen LogP contribution in [-0.2, 0) is 4.84 Å². The minimum absolute atomic E-state index is 0.0420. The molecule has 1 aliphatic carbocycles. The minimum atomic E-state index is -0.0420. The summed E-state index contributed by atoms with van der Waals surface area (Å²) in [5.74, 6) is -0.0420. The summed E-state index contributed by atoms with van der Waals surface area (Å²) < 4.78 is 0. The van der Waals surface area contributed by atoms with Crippen LogP contribution in [0, 0.1) is 0 Å². The Morgan fingerprint density at radius 3 is 2.56 bits per heavy atom. The maximum absolute atomic E-state index is 12.2. The summed E-state index contributed by atoms with van der Waals surface area (Å²) in [5, 5.41) is 1.52. The van der Waals surface area contributed by atoms with Crippen molar-refractivity contribution in [1.82, 2.24) is 5.06 Å². The lowest BCUT2D eigenvalue weighted by Gasteiger charge is -2.40. The third-order valence-electron chi connectivity index (χ3n) is 3.07. The number of hydroxylamine groups is 2. The Labute approximate surface area is 94.3 Å². The molecule has 0 unspecified atom stereocenters. The Morgan fingerprint density at radius 2 is 2.00 bits per heavy atom. The van der Waals surface area contributed by atoms with Crippen LogP contribution in [0.25, 0.3) is 0 Å². The van der Waals surface area contributed by atoms with Crippen LogP contribution in [0.4, 0.5) is 0 Å². The molecular formula is C13H13NO2. The van der Waals surface area contributed by atoms with E-state index in [9.17, 15) is 4.79 Å². The van der Waals surface area contributed by atoms with Crippen molar-refractivity contribution < 1.29 is 9.63 Å². The number of benzene rings is 1. The Kier molecular flexibility index (Phi) is 2.26. The van der Waals surface area contributed by atoms with Gasteiger partial charge in [-0.15, -0.1) is 0 Å². The molecule has 1 aromatic rings. The van der Waals surface area contributed by atoms with Gasteiger partial charge in [0.05, 0.1) is 6.04 Å². The molecule has 1 fully saturated rings. The zero-order valence-corrected chi connectivity index (χ0v) is 8.87. The number of fused-ring (bicyclic) bond motifs is 2. The Balaban J connectivity index is 1.84. The molecule has 2 atom stereocenters. The van der Waals surface area contributed by atoms with E-state index in [0.29, 0.717) is 5.56 Å². The summed E-state index contributed by atoms with van der Waals surface area (Å²) in [6.45, 7) is 0. The maximum atomic E-state index is 12.2. The van der Waals surface area contributed by atoms with E-state index < -0.39 is 0 Å². The van der Waals surface area contributed by atoms with E-state index in [0.717, 1.165) is 12.8 Å². The Morgan fingerprint density at radius 1 is 1.19 bits per heavy atom.